The SMILES string of the molecule is CCNC(C1=COCCC1)c1ccncc1Cl. The summed E-state index contributed by atoms with van der Waals surface area (Å²) < 4.78 is 5.41. The van der Waals surface area contributed by atoms with Crippen LogP contribution in [0.4, 0.5) is 0 Å². The lowest BCUT2D eigenvalue weighted by Crippen LogP contribution is -2.24. The first-order valence-electron chi connectivity index (χ1n) is 5.96. The van der Waals surface area contributed by atoms with E-state index in [9.17, 15) is 0 Å². The molecule has 0 saturated carbocycles. The minimum atomic E-state index is 0.135. The minimum absolute atomic E-state index is 0.135. The topological polar surface area (TPSA) is 34.1 Å². The van der Waals surface area contributed by atoms with Crippen molar-refractivity contribution in [2.24, 2.45) is 0 Å². The highest BCUT2D eigenvalue weighted by Crippen LogP contribution is 2.31. The highest BCUT2D eigenvalue weighted by Gasteiger charge is 2.20. The van der Waals surface area contributed by atoms with Crippen molar-refractivity contribution in [3.8, 4) is 0 Å². The lowest BCUT2D eigenvalue weighted by Gasteiger charge is -2.24. The summed E-state index contributed by atoms with van der Waals surface area (Å²) in [6.45, 7) is 3.79. The van der Waals surface area contributed by atoms with Gasteiger partial charge in [-0.3, -0.25) is 4.98 Å². The molecule has 1 N–H and O–H groups in total. The first-order chi connectivity index (χ1) is 8.33. The molecule has 1 aromatic rings. The number of aromatic nitrogens is 1. The lowest BCUT2D eigenvalue weighted by molar-refractivity contribution is 0.219. The number of hydrogen-bond acceptors (Lipinski definition) is 3. The molecule has 1 aliphatic heterocycles. The normalized spacial score (nSPS) is 17.2. The first-order valence-corrected chi connectivity index (χ1v) is 6.34. The van der Waals surface area contributed by atoms with E-state index in [1.54, 1.807) is 12.4 Å². The van der Waals surface area contributed by atoms with Gasteiger partial charge in [0.2, 0.25) is 0 Å². The van der Waals surface area contributed by atoms with E-state index in [1.807, 2.05) is 12.3 Å². The van der Waals surface area contributed by atoms with Crippen LogP contribution in [-0.4, -0.2) is 18.1 Å². The van der Waals surface area contributed by atoms with Gasteiger partial charge in [-0.1, -0.05) is 18.5 Å². The summed E-state index contributed by atoms with van der Waals surface area (Å²) >= 11 is 6.20. The van der Waals surface area contributed by atoms with Crippen LogP contribution in [-0.2, 0) is 4.74 Å². The molecular weight excluding hydrogens is 236 g/mol. The van der Waals surface area contributed by atoms with Crippen molar-refractivity contribution in [3.05, 3.63) is 40.9 Å². The van der Waals surface area contributed by atoms with Crippen molar-refractivity contribution in [1.29, 1.82) is 0 Å². The zero-order valence-electron chi connectivity index (χ0n) is 9.95. The molecule has 0 aliphatic carbocycles. The van der Waals surface area contributed by atoms with E-state index in [2.05, 4.69) is 17.2 Å². The monoisotopic (exact) mass is 252 g/mol. The molecule has 4 heteroatoms. The summed E-state index contributed by atoms with van der Waals surface area (Å²) in [7, 11) is 0. The quantitative estimate of drug-likeness (QED) is 0.894. The Morgan fingerprint density at radius 3 is 3.12 bits per heavy atom. The molecule has 1 unspecified atom stereocenters. The van der Waals surface area contributed by atoms with Gasteiger partial charge >= 0.3 is 0 Å². The van der Waals surface area contributed by atoms with E-state index in [1.165, 1.54) is 5.57 Å². The predicted octanol–water partition coefficient (Wildman–Crippen LogP) is 3.08. The zero-order valence-corrected chi connectivity index (χ0v) is 10.7. The number of hydrogen-bond donors (Lipinski definition) is 1. The maximum Gasteiger partial charge on any atom is 0.0876 e. The third-order valence-electron chi connectivity index (χ3n) is 2.86. The molecule has 92 valence electrons. The Labute approximate surface area is 107 Å². The molecule has 1 aliphatic rings. The van der Waals surface area contributed by atoms with Gasteiger partial charge in [-0.2, -0.15) is 0 Å². The predicted molar refractivity (Wildman–Crippen MR) is 68.9 cm³/mol. The largest absolute Gasteiger partial charge is 0.501 e. The Bertz CT molecular complexity index is 406. The molecule has 0 radical (unpaired) electrons. The molecule has 0 bridgehead atoms. The Kier molecular flexibility index (Phi) is 4.40. The van der Waals surface area contributed by atoms with E-state index in [0.29, 0.717) is 5.02 Å². The van der Waals surface area contributed by atoms with Crippen LogP contribution in [0.3, 0.4) is 0 Å². The van der Waals surface area contributed by atoms with E-state index >= 15 is 0 Å². The molecule has 2 rings (SSSR count). The standard InChI is InChI=1S/C13H17ClN2O/c1-2-16-13(10-4-3-7-17-9-10)11-5-6-15-8-12(11)14/h5-6,8-9,13,16H,2-4,7H2,1H3. The maximum absolute atomic E-state index is 6.20. The van der Waals surface area contributed by atoms with E-state index in [0.717, 1.165) is 31.6 Å². The van der Waals surface area contributed by atoms with Crippen molar-refractivity contribution in [2.45, 2.75) is 25.8 Å². The molecule has 0 fully saturated rings. The summed E-state index contributed by atoms with van der Waals surface area (Å²) in [5, 5.41) is 4.15. The fourth-order valence-electron chi connectivity index (χ4n) is 2.06. The van der Waals surface area contributed by atoms with Gasteiger partial charge in [0.05, 0.1) is 23.9 Å². The number of likely N-dealkylation sites (N-methyl/N-ethyl adjacent to an activating group) is 1. The lowest BCUT2D eigenvalue weighted by atomic mass is 9.96. The van der Waals surface area contributed by atoms with Gasteiger partial charge in [0.25, 0.3) is 0 Å². The van der Waals surface area contributed by atoms with Crippen molar-refractivity contribution in [2.75, 3.05) is 13.2 Å². The van der Waals surface area contributed by atoms with Crippen LogP contribution < -0.4 is 5.32 Å². The van der Waals surface area contributed by atoms with Crippen molar-refractivity contribution < 1.29 is 4.74 Å². The first kappa shape index (κ1) is 12.4. The summed E-state index contributed by atoms with van der Waals surface area (Å²) in [6.07, 6.45) is 7.45. The number of halogens is 1. The smallest absolute Gasteiger partial charge is 0.0876 e. The van der Waals surface area contributed by atoms with Crippen molar-refractivity contribution >= 4 is 11.6 Å². The Morgan fingerprint density at radius 2 is 2.47 bits per heavy atom. The third-order valence-corrected chi connectivity index (χ3v) is 3.17. The second kappa shape index (κ2) is 6.03. The number of ether oxygens (including phenoxy) is 1. The number of nitrogens with zero attached hydrogens (tertiary/aromatic N) is 1. The van der Waals surface area contributed by atoms with Crippen LogP contribution >= 0.6 is 11.6 Å². The van der Waals surface area contributed by atoms with Crippen LogP contribution in [0, 0.1) is 0 Å². The average Bonchev–Trinajstić information content (AvgIpc) is 2.38. The van der Waals surface area contributed by atoms with Gasteiger partial charge < -0.3 is 10.1 Å². The number of rotatable bonds is 4. The van der Waals surface area contributed by atoms with Crippen molar-refractivity contribution in [1.82, 2.24) is 10.3 Å². The van der Waals surface area contributed by atoms with Gasteiger partial charge in [-0.15, -0.1) is 0 Å². The summed E-state index contributed by atoms with van der Waals surface area (Å²) in [4.78, 5) is 4.02. The van der Waals surface area contributed by atoms with Gasteiger partial charge in [-0.05, 0) is 36.6 Å². The van der Waals surface area contributed by atoms with Gasteiger partial charge in [-0.25, -0.2) is 0 Å². The zero-order chi connectivity index (χ0) is 12.1. The Balaban J connectivity index is 2.28. The second-order valence-corrected chi connectivity index (χ2v) is 4.46. The summed E-state index contributed by atoms with van der Waals surface area (Å²) in [5.74, 6) is 0. The molecule has 17 heavy (non-hydrogen) atoms. The molecule has 1 aromatic heterocycles. The van der Waals surface area contributed by atoms with Gasteiger partial charge in [0, 0.05) is 12.4 Å². The fraction of sp³-hybridized carbons (Fsp3) is 0.462. The molecule has 3 nitrogen and oxygen atoms in total. The second-order valence-electron chi connectivity index (χ2n) is 4.05. The van der Waals surface area contributed by atoms with Crippen LogP contribution in [0.15, 0.2) is 30.3 Å². The molecule has 0 aromatic carbocycles. The number of pyridine rings is 1. The summed E-state index contributed by atoms with van der Waals surface area (Å²) in [5.41, 5.74) is 2.33. The van der Waals surface area contributed by atoms with E-state index in [-0.39, 0.29) is 6.04 Å². The highest BCUT2D eigenvalue weighted by molar-refractivity contribution is 6.31. The average molecular weight is 253 g/mol. The van der Waals surface area contributed by atoms with Crippen LogP contribution in [0.5, 0.6) is 0 Å². The van der Waals surface area contributed by atoms with Gasteiger partial charge in [0.1, 0.15) is 0 Å². The maximum atomic E-state index is 6.20. The molecule has 1 atom stereocenters. The van der Waals surface area contributed by atoms with E-state index in [4.69, 9.17) is 16.3 Å². The van der Waals surface area contributed by atoms with Gasteiger partial charge in [0.15, 0.2) is 0 Å². The molecule has 2 heterocycles. The van der Waals surface area contributed by atoms with Crippen molar-refractivity contribution in [3.63, 3.8) is 0 Å². The Hall–Kier alpha value is -1.06. The third kappa shape index (κ3) is 2.99. The molecule has 0 saturated heterocycles. The van der Waals surface area contributed by atoms with Crippen LogP contribution in [0.25, 0.3) is 0 Å². The Morgan fingerprint density at radius 1 is 1.59 bits per heavy atom. The summed E-state index contributed by atoms with van der Waals surface area (Å²) in [6, 6.07) is 2.10. The molecule has 0 spiro atoms. The molecule has 0 amide bonds. The van der Waals surface area contributed by atoms with Crippen LogP contribution in [0.1, 0.15) is 31.4 Å². The number of nitrogens with one attached hydrogen (secondary N) is 1. The fourth-order valence-corrected chi connectivity index (χ4v) is 2.29. The highest BCUT2D eigenvalue weighted by atomic mass is 35.5. The van der Waals surface area contributed by atoms with E-state index < -0.39 is 0 Å². The minimum Gasteiger partial charge on any atom is -0.501 e. The van der Waals surface area contributed by atoms with Crippen LogP contribution in [0.2, 0.25) is 5.02 Å². The molecular formula is C13H17ClN2O.